The molecule has 1 aliphatic rings. The second kappa shape index (κ2) is 13.4. The Balaban J connectivity index is 1.21. The van der Waals surface area contributed by atoms with Gasteiger partial charge in [0.05, 0.1) is 27.6 Å². The highest BCUT2D eigenvalue weighted by Crippen LogP contribution is 2.27. The molecule has 0 radical (unpaired) electrons. The van der Waals surface area contributed by atoms with Crippen molar-refractivity contribution in [3.8, 4) is 5.75 Å². The molecule has 2 amide bonds. The molecule has 48 heavy (non-hydrogen) atoms. The van der Waals surface area contributed by atoms with Gasteiger partial charge in [0, 0.05) is 11.3 Å². The second-order valence-corrected chi connectivity index (χ2v) is 11.2. The van der Waals surface area contributed by atoms with Crippen LogP contribution < -0.4 is 10.3 Å². The number of nitrogens with zero attached hydrogens (tertiary/aromatic N) is 6. The van der Waals surface area contributed by atoms with E-state index in [0.717, 1.165) is 29.3 Å². The smallest absolute Gasteiger partial charge is 0.355 e. The Kier molecular flexibility index (Phi) is 9.11. The number of aliphatic carboxylic acids is 1. The van der Waals surface area contributed by atoms with Gasteiger partial charge in [-0.15, -0.1) is 0 Å². The highest BCUT2D eigenvalue weighted by molar-refractivity contribution is 7.85. The molecule has 1 unspecified atom stereocenters. The molecule has 1 heterocycles. The van der Waals surface area contributed by atoms with E-state index >= 15 is 0 Å². The third-order valence-corrected chi connectivity index (χ3v) is 7.41. The summed E-state index contributed by atoms with van der Waals surface area (Å²) in [7, 11) is -4.49. The molecule has 5 rings (SSSR count). The summed E-state index contributed by atoms with van der Waals surface area (Å²) in [5.41, 5.74) is 0.565. The number of carboxylic acids is 2. The maximum absolute atomic E-state index is 12.9. The molecular formula is C30H21N7O10S. The fraction of sp³-hybridized carbons (Fsp3) is 0.0333. The number of anilines is 2. The Morgan fingerprint density at radius 2 is 1.35 bits per heavy atom. The maximum Gasteiger partial charge on any atom is 0.355 e. The molecule has 5 N–H and O–H groups in total. The van der Waals surface area contributed by atoms with Crippen molar-refractivity contribution in [3.05, 3.63) is 102 Å². The van der Waals surface area contributed by atoms with Gasteiger partial charge in [-0.2, -0.15) is 39.0 Å². The van der Waals surface area contributed by atoms with E-state index in [1.165, 1.54) is 66.7 Å². The van der Waals surface area contributed by atoms with Gasteiger partial charge in [-0.3, -0.25) is 14.1 Å². The Bertz CT molecular complexity index is 2130. The molecule has 242 valence electrons. The fourth-order valence-electron chi connectivity index (χ4n) is 4.14. The van der Waals surface area contributed by atoms with E-state index in [2.05, 4.69) is 30.9 Å². The van der Waals surface area contributed by atoms with Gasteiger partial charge < -0.3 is 20.6 Å². The normalized spacial score (nSPS) is 14.8. The van der Waals surface area contributed by atoms with Crippen molar-refractivity contribution in [1.29, 1.82) is 0 Å². The monoisotopic (exact) mass is 671 g/mol. The summed E-state index contributed by atoms with van der Waals surface area (Å²) in [6.07, 6.45) is 0. The number of azo groups is 2. The van der Waals surface area contributed by atoms with Gasteiger partial charge >= 0.3 is 11.9 Å². The van der Waals surface area contributed by atoms with Gasteiger partial charge in [-0.25, -0.2) is 9.59 Å². The number of carbonyl (C=O) groups excluding carboxylic acids is 2. The van der Waals surface area contributed by atoms with E-state index in [1.807, 2.05) is 0 Å². The molecule has 0 spiro atoms. The van der Waals surface area contributed by atoms with Gasteiger partial charge in [0.25, 0.3) is 21.9 Å². The van der Waals surface area contributed by atoms with Crippen molar-refractivity contribution < 1.29 is 47.5 Å². The summed E-state index contributed by atoms with van der Waals surface area (Å²) < 4.78 is 31.7. The van der Waals surface area contributed by atoms with Crippen molar-refractivity contribution in [2.75, 3.05) is 10.3 Å². The lowest BCUT2D eigenvalue weighted by Crippen LogP contribution is -2.33. The van der Waals surface area contributed by atoms with Crippen molar-refractivity contribution in [2.24, 2.45) is 25.6 Å². The number of nitrogens with one attached hydrogen (secondary N) is 1. The number of benzene rings is 4. The molecule has 0 aromatic heterocycles. The Morgan fingerprint density at radius 3 is 1.96 bits per heavy atom. The highest BCUT2D eigenvalue weighted by Gasteiger charge is 2.41. The first kappa shape index (κ1) is 32.7. The predicted octanol–water partition coefficient (Wildman–Crippen LogP) is 4.94. The quantitative estimate of drug-likeness (QED) is 0.112. The summed E-state index contributed by atoms with van der Waals surface area (Å²) in [4.78, 5) is 48.2. The molecule has 0 saturated carbocycles. The molecule has 0 saturated heterocycles. The Labute approximate surface area is 270 Å². The summed E-state index contributed by atoms with van der Waals surface area (Å²) >= 11 is 0. The number of carboxylic acid groups (broad SMARTS) is 2. The number of hydrogen-bond donors (Lipinski definition) is 5. The van der Waals surface area contributed by atoms with Crippen LogP contribution in [0.15, 0.2) is 121 Å². The van der Waals surface area contributed by atoms with Crippen LogP contribution in [0.4, 0.5) is 28.4 Å². The molecule has 0 fully saturated rings. The van der Waals surface area contributed by atoms with E-state index in [4.69, 9.17) is 9.66 Å². The summed E-state index contributed by atoms with van der Waals surface area (Å²) in [5, 5.41) is 51.2. The number of amides is 2. The minimum absolute atomic E-state index is 0.0353. The number of carbonyl (C=O) groups is 4. The van der Waals surface area contributed by atoms with E-state index in [-0.39, 0.29) is 28.2 Å². The van der Waals surface area contributed by atoms with E-state index in [1.54, 1.807) is 0 Å². The van der Waals surface area contributed by atoms with Crippen LogP contribution in [0.3, 0.4) is 0 Å². The predicted molar refractivity (Wildman–Crippen MR) is 167 cm³/mol. The number of aromatic carboxylic acids is 1. The lowest BCUT2D eigenvalue weighted by molar-refractivity contribution is -0.130. The van der Waals surface area contributed by atoms with Crippen LogP contribution in [0.25, 0.3) is 0 Å². The second-order valence-electron chi connectivity index (χ2n) is 9.78. The van der Waals surface area contributed by atoms with Crippen molar-refractivity contribution in [2.45, 2.75) is 10.9 Å². The van der Waals surface area contributed by atoms with Crippen LogP contribution in [0, 0.1) is 0 Å². The Hall–Kier alpha value is -6.66. The number of phenols is 1. The molecule has 17 nitrogen and oxygen atoms in total. The van der Waals surface area contributed by atoms with E-state index in [9.17, 15) is 37.8 Å². The number of hydrogen-bond acceptors (Lipinski definition) is 12. The standard InChI is InChI=1S/C30H21N7O10S/c38-24-14-9-20(15-23(24)29(41)42)34-32-18-3-1-16(2-4-18)27(39)31-17-5-7-19(8-6-17)33-35-25-26(30(43)44)36-37(28(25)40)21-10-12-22(13-11-21)48(45,46)47/h1-15,25,38H,(H,31,39)(H,41,42)(H,43,44)(H,45,46,47). The molecule has 4 aromatic rings. The molecule has 1 atom stereocenters. The van der Waals surface area contributed by atoms with E-state index < -0.39 is 56.3 Å². The van der Waals surface area contributed by atoms with Crippen LogP contribution in [0.1, 0.15) is 20.7 Å². The van der Waals surface area contributed by atoms with Gasteiger partial charge in [0.1, 0.15) is 11.3 Å². The zero-order valence-electron chi connectivity index (χ0n) is 24.1. The van der Waals surface area contributed by atoms with Crippen molar-refractivity contribution >= 4 is 68.0 Å². The third-order valence-electron chi connectivity index (χ3n) is 6.54. The van der Waals surface area contributed by atoms with Crippen LogP contribution >= 0.6 is 0 Å². The highest BCUT2D eigenvalue weighted by atomic mass is 32.2. The summed E-state index contributed by atoms with van der Waals surface area (Å²) in [6.45, 7) is 0. The zero-order chi connectivity index (χ0) is 34.6. The lowest BCUT2D eigenvalue weighted by Gasteiger charge is -2.12. The molecular weight excluding hydrogens is 650 g/mol. The largest absolute Gasteiger partial charge is 0.507 e. The average Bonchev–Trinajstić information content (AvgIpc) is 3.39. The molecule has 18 heteroatoms. The summed E-state index contributed by atoms with van der Waals surface area (Å²) in [6, 6.07) is 18.5. The first-order valence-electron chi connectivity index (χ1n) is 13.4. The summed E-state index contributed by atoms with van der Waals surface area (Å²) in [5.74, 6) is -4.56. The fourth-order valence-corrected chi connectivity index (χ4v) is 4.62. The molecule has 4 aromatic carbocycles. The number of aromatic hydroxyl groups is 1. The minimum Gasteiger partial charge on any atom is -0.507 e. The lowest BCUT2D eigenvalue weighted by atomic mass is 10.2. The zero-order valence-corrected chi connectivity index (χ0v) is 24.9. The van der Waals surface area contributed by atoms with Gasteiger partial charge in [-0.1, -0.05) is 0 Å². The van der Waals surface area contributed by atoms with Gasteiger partial charge in [0.15, 0.2) is 5.71 Å². The van der Waals surface area contributed by atoms with Crippen LogP contribution in [-0.4, -0.2) is 63.8 Å². The van der Waals surface area contributed by atoms with Gasteiger partial charge in [0.2, 0.25) is 6.04 Å². The van der Waals surface area contributed by atoms with Crippen LogP contribution in [-0.2, 0) is 19.7 Å². The number of hydrazone groups is 1. The number of rotatable bonds is 10. The van der Waals surface area contributed by atoms with Crippen molar-refractivity contribution in [3.63, 3.8) is 0 Å². The molecule has 1 aliphatic heterocycles. The SMILES string of the molecule is O=C(O)C1=NN(c2ccc(S(=O)(=O)O)cc2)C(=O)C1N=Nc1ccc(NC(=O)c2ccc(N=Nc3ccc(O)c(C(=O)O)c3)cc2)cc1. The molecule has 0 bridgehead atoms. The third kappa shape index (κ3) is 7.41. The van der Waals surface area contributed by atoms with E-state index in [0.29, 0.717) is 11.4 Å². The van der Waals surface area contributed by atoms with Crippen molar-refractivity contribution in [1.82, 2.24) is 0 Å². The van der Waals surface area contributed by atoms with Crippen LogP contribution in [0.2, 0.25) is 0 Å². The first-order valence-corrected chi connectivity index (χ1v) is 14.9. The molecule has 0 aliphatic carbocycles. The van der Waals surface area contributed by atoms with Gasteiger partial charge in [-0.05, 0) is 91.0 Å². The Morgan fingerprint density at radius 1 is 0.771 bits per heavy atom. The topological polar surface area (TPSA) is 260 Å². The minimum atomic E-state index is -4.49. The first-order chi connectivity index (χ1) is 22.8. The maximum atomic E-state index is 12.9. The average molecular weight is 672 g/mol. The van der Waals surface area contributed by atoms with Crippen LogP contribution in [0.5, 0.6) is 5.75 Å².